The summed E-state index contributed by atoms with van der Waals surface area (Å²) in [6.07, 6.45) is 1.09. The Morgan fingerprint density at radius 2 is 2.32 bits per heavy atom. The van der Waals surface area contributed by atoms with E-state index in [2.05, 4.69) is 17.2 Å². The van der Waals surface area contributed by atoms with Gasteiger partial charge in [-0.3, -0.25) is 10.1 Å². The van der Waals surface area contributed by atoms with E-state index in [0.29, 0.717) is 0 Å². The molecule has 0 atom stereocenters. The van der Waals surface area contributed by atoms with Crippen LogP contribution in [-0.4, -0.2) is 16.5 Å². The molecule has 1 N–H and O–H groups in total. The first-order valence-electron chi connectivity index (χ1n) is 6.10. The van der Waals surface area contributed by atoms with Crippen molar-refractivity contribution in [2.45, 2.75) is 19.9 Å². The molecule has 6 heteroatoms. The first kappa shape index (κ1) is 13.6. The summed E-state index contributed by atoms with van der Waals surface area (Å²) in [5.41, 5.74) is 1.86. The van der Waals surface area contributed by atoms with Crippen LogP contribution in [0.5, 0.6) is 0 Å². The summed E-state index contributed by atoms with van der Waals surface area (Å²) in [4.78, 5) is 14.8. The molecule has 19 heavy (non-hydrogen) atoms. The highest BCUT2D eigenvalue weighted by Gasteiger charge is 2.09. The van der Waals surface area contributed by atoms with Crippen molar-refractivity contribution in [3.8, 4) is 10.6 Å². The van der Waals surface area contributed by atoms with E-state index in [1.807, 2.05) is 11.4 Å². The number of thiazole rings is 1. The summed E-state index contributed by atoms with van der Waals surface area (Å²) < 4.78 is 0. The standard InChI is InChI=1S/C13H15N3O2S/c1-2-6-14-8-11-9-19-13(15-11)10-4-3-5-12(7-10)16(17)18/h3-5,7,9,14H,2,6,8H2,1H3. The second kappa shape index (κ2) is 6.40. The highest BCUT2D eigenvalue weighted by atomic mass is 32.1. The van der Waals surface area contributed by atoms with Crippen molar-refractivity contribution in [3.05, 3.63) is 45.5 Å². The van der Waals surface area contributed by atoms with Gasteiger partial charge in [-0.2, -0.15) is 0 Å². The van der Waals surface area contributed by atoms with Crippen LogP contribution in [0.25, 0.3) is 10.6 Å². The van der Waals surface area contributed by atoms with E-state index < -0.39 is 0 Å². The van der Waals surface area contributed by atoms with Crippen molar-refractivity contribution in [1.29, 1.82) is 0 Å². The molecular weight excluding hydrogens is 262 g/mol. The quantitative estimate of drug-likeness (QED) is 0.500. The minimum atomic E-state index is -0.388. The van der Waals surface area contributed by atoms with Gasteiger partial charge in [0.1, 0.15) is 5.01 Å². The Morgan fingerprint density at radius 3 is 3.05 bits per heavy atom. The van der Waals surface area contributed by atoms with Crippen molar-refractivity contribution >= 4 is 17.0 Å². The van der Waals surface area contributed by atoms with Gasteiger partial charge in [0.05, 0.1) is 10.6 Å². The number of aromatic nitrogens is 1. The average molecular weight is 277 g/mol. The smallest absolute Gasteiger partial charge is 0.270 e. The summed E-state index contributed by atoms with van der Waals surface area (Å²) >= 11 is 1.51. The minimum absolute atomic E-state index is 0.0957. The van der Waals surface area contributed by atoms with Gasteiger partial charge in [-0.1, -0.05) is 19.1 Å². The maximum atomic E-state index is 10.7. The maximum absolute atomic E-state index is 10.7. The molecule has 0 amide bonds. The highest BCUT2D eigenvalue weighted by Crippen LogP contribution is 2.26. The lowest BCUT2D eigenvalue weighted by molar-refractivity contribution is -0.384. The van der Waals surface area contributed by atoms with Gasteiger partial charge in [0, 0.05) is 29.6 Å². The molecule has 1 aromatic heterocycles. The molecule has 0 unspecified atom stereocenters. The molecule has 2 rings (SSSR count). The Labute approximate surface area is 115 Å². The minimum Gasteiger partial charge on any atom is -0.311 e. The Kier molecular flexibility index (Phi) is 4.59. The predicted molar refractivity (Wildman–Crippen MR) is 76.2 cm³/mol. The number of nitro groups is 1. The molecule has 0 fully saturated rings. The zero-order valence-corrected chi connectivity index (χ0v) is 11.4. The molecule has 0 aliphatic rings. The van der Waals surface area contributed by atoms with Crippen LogP contribution in [0, 0.1) is 10.1 Å². The lowest BCUT2D eigenvalue weighted by atomic mass is 10.2. The van der Waals surface area contributed by atoms with E-state index in [1.165, 1.54) is 17.4 Å². The van der Waals surface area contributed by atoms with Crippen molar-refractivity contribution < 1.29 is 4.92 Å². The number of nitrogens with one attached hydrogen (secondary N) is 1. The molecule has 100 valence electrons. The van der Waals surface area contributed by atoms with E-state index in [1.54, 1.807) is 12.1 Å². The summed E-state index contributed by atoms with van der Waals surface area (Å²) in [5, 5.41) is 16.8. The maximum Gasteiger partial charge on any atom is 0.270 e. The largest absolute Gasteiger partial charge is 0.311 e. The van der Waals surface area contributed by atoms with Gasteiger partial charge in [0.2, 0.25) is 0 Å². The summed E-state index contributed by atoms with van der Waals surface area (Å²) in [6, 6.07) is 6.57. The van der Waals surface area contributed by atoms with Crippen LogP contribution >= 0.6 is 11.3 Å². The van der Waals surface area contributed by atoms with Gasteiger partial charge in [0.15, 0.2) is 0 Å². The molecular formula is C13H15N3O2S. The fourth-order valence-corrected chi connectivity index (χ4v) is 2.48. The van der Waals surface area contributed by atoms with Crippen LogP contribution in [0.4, 0.5) is 5.69 Å². The van der Waals surface area contributed by atoms with E-state index in [4.69, 9.17) is 0 Å². The van der Waals surface area contributed by atoms with Gasteiger partial charge >= 0.3 is 0 Å². The second-order valence-corrected chi connectivity index (χ2v) is 4.99. The number of nitrogens with zero attached hydrogens (tertiary/aromatic N) is 2. The molecule has 0 aliphatic carbocycles. The molecule has 0 aliphatic heterocycles. The average Bonchev–Trinajstić information content (AvgIpc) is 2.88. The molecule has 0 spiro atoms. The normalized spacial score (nSPS) is 10.6. The fourth-order valence-electron chi connectivity index (χ4n) is 1.67. The van der Waals surface area contributed by atoms with Crippen LogP contribution in [0.2, 0.25) is 0 Å². The summed E-state index contributed by atoms with van der Waals surface area (Å²) in [5.74, 6) is 0. The first-order valence-corrected chi connectivity index (χ1v) is 6.98. The van der Waals surface area contributed by atoms with E-state index in [-0.39, 0.29) is 10.6 Å². The first-order chi connectivity index (χ1) is 9.20. The second-order valence-electron chi connectivity index (χ2n) is 4.13. The van der Waals surface area contributed by atoms with Crippen molar-refractivity contribution in [3.63, 3.8) is 0 Å². The number of non-ortho nitro benzene ring substituents is 1. The molecule has 5 nitrogen and oxygen atoms in total. The zero-order chi connectivity index (χ0) is 13.7. The number of rotatable bonds is 6. The van der Waals surface area contributed by atoms with E-state index >= 15 is 0 Å². The predicted octanol–water partition coefficient (Wildman–Crippen LogP) is 3.22. The van der Waals surface area contributed by atoms with Crippen LogP contribution in [0.1, 0.15) is 19.0 Å². The van der Waals surface area contributed by atoms with Gasteiger partial charge in [0.25, 0.3) is 5.69 Å². The molecule has 0 bridgehead atoms. The van der Waals surface area contributed by atoms with Gasteiger partial charge in [-0.25, -0.2) is 4.98 Å². The lowest BCUT2D eigenvalue weighted by Gasteiger charge is -1.99. The van der Waals surface area contributed by atoms with Crippen LogP contribution in [0.3, 0.4) is 0 Å². The van der Waals surface area contributed by atoms with Gasteiger partial charge in [-0.05, 0) is 13.0 Å². The third-order valence-corrected chi connectivity index (χ3v) is 3.53. The van der Waals surface area contributed by atoms with Gasteiger partial charge < -0.3 is 5.32 Å². The number of hydrogen-bond acceptors (Lipinski definition) is 5. The summed E-state index contributed by atoms with van der Waals surface area (Å²) in [7, 11) is 0. The molecule has 0 saturated heterocycles. The van der Waals surface area contributed by atoms with Gasteiger partial charge in [-0.15, -0.1) is 11.3 Å². The Bertz CT molecular complexity index is 569. The highest BCUT2D eigenvalue weighted by molar-refractivity contribution is 7.13. The van der Waals surface area contributed by atoms with Crippen molar-refractivity contribution in [1.82, 2.24) is 10.3 Å². The van der Waals surface area contributed by atoms with Crippen molar-refractivity contribution in [2.24, 2.45) is 0 Å². The molecule has 0 saturated carbocycles. The zero-order valence-electron chi connectivity index (χ0n) is 10.6. The Morgan fingerprint density at radius 1 is 1.47 bits per heavy atom. The number of benzene rings is 1. The fraction of sp³-hybridized carbons (Fsp3) is 0.308. The monoisotopic (exact) mass is 277 g/mol. The molecule has 1 heterocycles. The number of hydrogen-bond donors (Lipinski definition) is 1. The molecule has 0 radical (unpaired) electrons. The van der Waals surface area contributed by atoms with E-state index in [0.717, 1.165) is 35.8 Å². The molecule has 1 aromatic carbocycles. The topological polar surface area (TPSA) is 68.1 Å². The third kappa shape index (κ3) is 3.59. The summed E-state index contributed by atoms with van der Waals surface area (Å²) in [6.45, 7) is 3.81. The lowest BCUT2D eigenvalue weighted by Crippen LogP contribution is -2.13. The Hall–Kier alpha value is -1.79. The van der Waals surface area contributed by atoms with Crippen LogP contribution < -0.4 is 5.32 Å². The third-order valence-electron chi connectivity index (χ3n) is 2.59. The van der Waals surface area contributed by atoms with Crippen LogP contribution in [0.15, 0.2) is 29.6 Å². The molecule has 2 aromatic rings. The SMILES string of the molecule is CCCNCc1csc(-c2cccc([N+](=O)[O-])c2)n1. The van der Waals surface area contributed by atoms with Crippen molar-refractivity contribution in [2.75, 3.05) is 6.54 Å². The van der Waals surface area contributed by atoms with Crippen LogP contribution in [-0.2, 0) is 6.54 Å². The Balaban J connectivity index is 2.13. The van der Waals surface area contributed by atoms with E-state index in [9.17, 15) is 10.1 Å². The number of nitro benzene ring substituents is 1.